The van der Waals surface area contributed by atoms with E-state index in [1.54, 1.807) is 0 Å². The Morgan fingerprint density at radius 2 is 1.73 bits per heavy atom. The smallest absolute Gasteiger partial charge is 0.169 e. The summed E-state index contributed by atoms with van der Waals surface area (Å²) >= 11 is 0. The summed E-state index contributed by atoms with van der Waals surface area (Å²) in [6.07, 6.45) is 22.1. The van der Waals surface area contributed by atoms with Crippen LogP contribution in [0.5, 0.6) is 0 Å². The largest absolute Gasteiger partial charge is 0.349 e. The lowest BCUT2D eigenvalue weighted by molar-refractivity contribution is 0.216. The zero-order valence-corrected chi connectivity index (χ0v) is 17.8. The second-order valence-corrected chi connectivity index (χ2v) is 9.65. The molecule has 3 unspecified atom stereocenters. The van der Waals surface area contributed by atoms with E-state index >= 15 is 0 Å². The number of rotatable bonds is 9. The highest BCUT2D eigenvalue weighted by Crippen LogP contribution is 2.73. The number of unbranched alkanes of at least 4 members (excludes halogenated alkanes) is 5. The van der Waals surface area contributed by atoms with Crippen LogP contribution in [0.1, 0.15) is 104 Å². The molecule has 0 aromatic rings. The topological polar surface area (TPSA) is 3.24 Å². The minimum absolute atomic E-state index is 0.417. The highest BCUT2D eigenvalue weighted by atomic mass is 15.2. The molecule has 1 aliphatic carbocycles. The second kappa shape index (κ2) is 9.57. The maximum Gasteiger partial charge on any atom is 0.169 e. The van der Waals surface area contributed by atoms with Crippen LogP contribution in [0.4, 0.5) is 0 Å². The van der Waals surface area contributed by atoms with Crippen molar-refractivity contribution in [3.8, 4) is 0 Å². The van der Waals surface area contributed by atoms with E-state index in [1.807, 2.05) is 0 Å². The summed E-state index contributed by atoms with van der Waals surface area (Å²) in [5, 5.41) is 0. The van der Waals surface area contributed by atoms with Gasteiger partial charge in [-0.05, 0) is 31.2 Å². The van der Waals surface area contributed by atoms with Gasteiger partial charge in [-0.25, -0.2) is 0 Å². The van der Waals surface area contributed by atoms with Gasteiger partial charge in [0.15, 0.2) is 7.31 Å². The third-order valence-corrected chi connectivity index (χ3v) is 8.31. The molecule has 26 heavy (non-hydrogen) atoms. The highest BCUT2D eigenvalue weighted by Gasteiger charge is 2.73. The van der Waals surface area contributed by atoms with Crippen molar-refractivity contribution in [1.82, 2.24) is 4.81 Å². The Morgan fingerprint density at radius 3 is 2.50 bits per heavy atom. The summed E-state index contributed by atoms with van der Waals surface area (Å²) in [6.45, 7) is 6.82. The van der Waals surface area contributed by atoms with Crippen molar-refractivity contribution in [2.24, 2.45) is 5.41 Å². The molecule has 0 spiro atoms. The quantitative estimate of drug-likeness (QED) is 0.357. The van der Waals surface area contributed by atoms with Gasteiger partial charge < -0.3 is 4.81 Å². The molecule has 0 N–H and O–H groups in total. The van der Waals surface area contributed by atoms with Crippen molar-refractivity contribution in [1.29, 1.82) is 0 Å². The second-order valence-electron chi connectivity index (χ2n) is 9.65. The molecule has 2 heterocycles. The Bertz CT molecular complexity index is 432. The van der Waals surface area contributed by atoms with Crippen molar-refractivity contribution in [2.75, 3.05) is 6.54 Å². The summed E-state index contributed by atoms with van der Waals surface area (Å²) in [5.41, 5.74) is 0.855. The molecule has 143 valence electrons. The molecule has 1 nitrogen and oxygen atoms in total. The summed E-state index contributed by atoms with van der Waals surface area (Å²) in [7, 11) is 9.24. The van der Waals surface area contributed by atoms with Crippen LogP contribution in [0.3, 0.4) is 0 Å². The van der Waals surface area contributed by atoms with Crippen LogP contribution in [0, 0.1) is 5.41 Å². The minimum atomic E-state index is 0.417. The minimum Gasteiger partial charge on any atom is -0.349 e. The third-order valence-electron chi connectivity index (χ3n) is 8.31. The van der Waals surface area contributed by atoms with Crippen molar-refractivity contribution in [3.05, 3.63) is 0 Å². The fourth-order valence-corrected chi connectivity index (χ4v) is 6.71. The first kappa shape index (κ1) is 20.9. The maximum absolute atomic E-state index is 6.51. The van der Waals surface area contributed by atoms with Crippen molar-refractivity contribution >= 4 is 21.8 Å². The van der Waals surface area contributed by atoms with Gasteiger partial charge in [0.1, 0.15) is 6.60 Å². The van der Waals surface area contributed by atoms with Gasteiger partial charge in [0.2, 0.25) is 0 Å². The molecule has 2 saturated heterocycles. The average molecular weight is 352 g/mol. The third kappa shape index (κ3) is 3.96. The van der Waals surface area contributed by atoms with Crippen LogP contribution in [-0.4, -0.2) is 38.6 Å². The van der Waals surface area contributed by atoms with E-state index in [1.165, 1.54) is 103 Å². The van der Waals surface area contributed by atoms with E-state index < -0.39 is 0 Å². The first-order valence-electron chi connectivity index (χ1n) is 12.1. The van der Waals surface area contributed by atoms with Gasteiger partial charge in [-0.15, -0.1) is 0 Å². The van der Waals surface area contributed by atoms with Crippen molar-refractivity contribution < 1.29 is 0 Å². The predicted molar refractivity (Wildman–Crippen MR) is 118 cm³/mol. The first-order chi connectivity index (χ1) is 12.7. The molecule has 0 bridgehead atoms. The molecule has 0 aromatic carbocycles. The molecule has 1 saturated carbocycles. The molecule has 3 atom stereocenters. The van der Waals surface area contributed by atoms with Gasteiger partial charge in [0, 0.05) is 5.54 Å². The lowest BCUT2D eigenvalue weighted by Crippen LogP contribution is -2.58. The summed E-state index contributed by atoms with van der Waals surface area (Å²) < 4.78 is 0. The van der Waals surface area contributed by atoms with Gasteiger partial charge in [-0.3, -0.25) is 0 Å². The standard InChI is InChI=1S/C22H41B3N/c1-3-5-6-7-11-14-17-26-22(4-2)18-21(22,19-23)20-15-12-9-8-10-13-16-25(20)24-26/h20H,3-19H2,1-2H3. The van der Waals surface area contributed by atoms with E-state index in [0.717, 1.165) is 18.7 Å². The van der Waals surface area contributed by atoms with Crippen molar-refractivity contribution in [3.63, 3.8) is 0 Å². The highest BCUT2D eigenvalue weighted by molar-refractivity contribution is 7.12. The monoisotopic (exact) mass is 352 g/mol. The lowest BCUT2D eigenvalue weighted by atomic mass is 9.15. The number of nitrogens with zero attached hydrogens (tertiary/aromatic N) is 1. The van der Waals surface area contributed by atoms with Gasteiger partial charge in [0.25, 0.3) is 0 Å². The fraction of sp³-hybridized carbons (Fsp3) is 1.00. The summed E-state index contributed by atoms with van der Waals surface area (Å²) in [6, 6.07) is 0. The Balaban J connectivity index is 1.64. The molecule has 3 rings (SSSR count). The normalized spacial score (nSPS) is 34.8. The number of fused-ring (bicyclic) bond motifs is 3. The van der Waals surface area contributed by atoms with Crippen LogP contribution in [0.15, 0.2) is 0 Å². The zero-order valence-electron chi connectivity index (χ0n) is 17.8. The van der Waals surface area contributed by atoms with Crippen LogP contribution in [0.2, 0.25) is 18.5 Å². The molecule has 3 fully saturated rings. The van der Waals surface area contributed by atoms with Crippen molar-refractivity contribution in [2.45, 2.75) is 128 Å². The number of hydrogen-bond acceptors (Lipinski definition) is 1. The predicted octanol–water partition coefficient (Wildman–Crippen LogP) is 6.12. The molecule has 4 heteroatoms. The van der Waals surface area contributed by atoms with Gasteiger partial charge >= 0.3 is 0 Å². The van der Waals surface area contributed by atoms with E-state index in [9.17, 15) is 0 Å². The lowest BCUT2D eigenvalue weighted by Gasteiger charge is -2.48. The maximum atomic E-state index is 6.51. The number of hydrogen-bond donors (Lipinski definition) is 0. The van der Waals surface area contributed by atoms with E-state index in [-0.39, 0.29) is 0 Å². The Kier molecular flexibility index (Phi) is 7.69. The molecule has 0 aromatic heterocycles. The van der Waals surface area contributed by atoms with Crippen LogP contribution in [0.25, 0.3) is 0 Å². The molecule has 3 radical (unpaired) electrons. The molecule has 0 amide bonds. The van der Waals surface area contributed by atoms with Crippen LogP contribution < -0.4 is 0 Å². The molecular weight excluding hydrogens is 311 g/mol. The molecule has 3 aliphatic rings. The fourth-order valence-electron chi connectivity index (χ4n) is 6.71. The SMILES string of the molecule is [B]CC12CC1(CC)N(CCCCCCCC)[B]B1CCCCCCCC12. The van der Waals surface area contributed by atoms with E-state index in [4.69, 9.17) is 7.85 Å². The Morgan fingerprint density at radius 1 is 1.00 bits per heavy atom. The average Bonchev–Trinajstić information content (AvgIpc) is 3.33. The first-order valence-corrected chi connectivity index (χ1v) is 12.1. The van der Waals surface area contributed by atoms with Gasteiger partial charge in [-0.1, -0.05) is 103 Å². The van der Waals surface area contributed by atoms with Gasteiger partial charge in [0.05, 0.1) is 7.85 Å². The van der Waals surface area contributed by atoms with Crippen LogP contribution >= 0.6 is 0 Å². The van der Waals surface area contributed by atoms with Crippen LogP contribution in [-0.2, 0) is 0 Å². The van der Waals surface area contributed by atoms with Gasteiger partial charge in [-0.2, -0.15) is 0 Å². The Labute approximate surface area is 166 Å². The molecular formula is C22H41B3N. The summed E-state index contributed by atoms with van der Waals surface area (Å²) in [5.74, 6) is 0.867. The Hall–Kier alpha value is 0.155. The van der Waals surface area contributed by atoms with E-state index in [0.29, 0.717) is 11.0 Å². The molecule has 2 aliphatic heterocycles. The summed E-state index contributed by atoms with van der Waals surface area (Å²) in [4.78, 5) is 2.83. The van der Waals surface area contributed by atoms with E-state index in [2.05, 4.69) is 26.0 Å². The zero-order chi connectivity index (χ0) is 18.5.